The third kappa shape index (κ3) is 8.82. The molecule has 1 aromatic carbocycles. The van der Waals surface area contributed by atoms with Crippen molar-refractivity contribution in [3.8, 4) is 0 Å². The first kappa shape index (κ1) is 26.7. The van der Waals surface area contributed by atoms with E-state index in [0.717, 1.165) is 19.3 Å². The van der Waals surface area contributed by atoms with Crippen molar-refractivity contribution in [1.82, 2.24) is 0 Å². The number of ether oxygens (including phenoxy) is 4. The Morgan fingerprint density at radius 2 is 1.50 bits per heavy atom. The molecule has 162 valence electrons. The van der Waals surface area contributed by atoms with E-state index in [0.29, 0.717) is 0 Å². The molecular formula is C23H40O5. The molecule has 0 aliphatic carbocycles. The fourth-order valence-corrected chi connectivity index (χ4v) is 3.34. The van der Waals surface area contributed by atoms with Crippen molar-refractivity contribution in [2.75, 3.05) is 21.3 Å². The number of benzene rings is 1. The second kappa shape index (κ2) is 15.6. The molecule has 5 heteroatoms. The maximum absolute atomic E-state index is 10.0. The van der Waals surface area contributed by atoms with E-state index in [2.05, 4.69) is 12.1 Å². The molecular weight excluding hydrogens is 356 g/mol. The lowest BCUT2D eigenvalue weighted by Crippen LogP contribution is -2.59. The summed E-state index contributed by atoms with van der Waals surface area (Å²) in [6.45, 7) is 9.63. The van der Waals surface area contributed by atoms with Gasteiger partial charge in [-0.2, -0.15) is 0 Å². The number of ketones is 1. The first-order valence-electron chi connectivity index (χ1n) is 10.3. The Bertz CT molecular complexity index is 505. The van der Waals surface area contributed by atoms with Crippen molar-refractivity contribution >= 4 is 5.78 Å². The van der Waals surface area contributed by atoms with Gasteiger partial charge >= 0.3 is 0 Å². The fourth-order valence-electron chi connectivity index (χ4n) is 3.34. The molecule has 1 aliphatic heterocycles. The van der Waals surface area contributed by atoms with Crippen molar-refractivity contribution in [3.05, 3.63) is 35.9 Å². The molecule has 1 fully saturated rings. The van der Waals surface area contributed by atoms with E-state index in [4.69, 9.17) is 18.9 Å². The van der Waals surface area contributed by atoms with Crippen LogP contribution < -0.4 is 0 Å². The third-order valence-electron chi connectivity index (χ3n) is 4.56. The normalized spacial score (nSPS) is 26.4. The number of carbonyl (C=O) groups excluding carboxylic acids is 1. The van der Waals surface area contributed by atoms with Gasteiger partial charge in [0, 0.05) is 34.2 Å². The van der Waals surface area contributed by atoms with E-state index in [1.165, 1.54) is 5.56 Å². The minimum absolute atomic E-state index is 0.0231. The molecule has 1 heterocycles. The van der Waals surface area contributed by atoms with Gasteiger partial charge in [0.15, 0.2) is 0 Å². The first-order chi connectivity index (χ1) is 13.5. The van der Waals surface area contributed by atoms with Gasteiger partial charge in [0.2, 0.25) is 0 Å². The molecule has 0 saturated carbocycles. The van der Waals surface area contributed by atoms with Crippen molar-refractivity contribution in [1.29, 1.82) is 0 Å². The van der Waals surface area contributed by atoms with Crippen LogP contribution in [0.15, 0.2) is 30.3 Å². The molecule has 2 rings (SSSR count). The molecule has 5 nitrogen and oxygen atoms in total. The molecule has 1 saturated heterocycles. The summed E-state index contributed by atoms with van der Waals surface area (Å²) in [6, 6.07) is 10.3. The standard InChI is InChI=1S/C16H24O4.C5H10O.C2H6/c1-11-14(17-2)16(19-4)15(18-3)13(20-11)10-12-8-6-5-7-9-12;1-3-4-5(2)6;1-2/h5-9,11,13-16H,10H2,1-4H3;3-4H2,1-2H3;1-2H3. The Morgan fingerprint density at radius 1 is 0.964 bits per heavy atom. The zero-order chi connectivity index (χ0) is 21.5. The highest BCUT2D eigenvalue weighted by molar-refractivity contribution is 5.75. The van der Waals surface area contributed by atoms with Crippen LogP contribution >= 0.6 is 0 Å². The molecule has 1 aliphatic rings. The lowest BCUT2D eigenvalue weighted by atomic mass is 9.91. The second-order valence-corrected chi connectivity index (χ2v) is 6.62. The Labute approximate surface area is 171 Å². The van der Waals surface area contributed by atoms with E-state index in [9.17, 15) is 4.79 Å². The molecule has 0 N–H and O–H groups in total. The summed E-state index contributed by atoms with van der Waals surface area (Å²) in [5, 5.41) is 0. The van der Waals surface area contributed by atoms with Crippen LogP contribution in [0.25, 0.3) is 0 Å². The molecule has 0 amide bonds. The fraction of sp³-hybridized carbons (Fsp3) is 0.696. The second-order valence-electron chi connectivity index (χ2n) is 6.62. The van der Waals surface area contributed by atoms with E-state index >= 15 is 0 Å². The topological polar surface area (TPSA) is 54.0 Å². The maximum atomic E-state index is 10.0. The summed E-state index contributed by atoms with van der Waals surface area (Å²) in [5.74, 6) is 0.289. The molecule has 0 radical (unpaired) electrons. The zero-order valence-electron chi connectivity index (χ0n) is 18.9. The first-order valence-corrected chi connectivity index (χ1v) is 10.3. The highest BCUT2D eigenvalue weighted by Gasteiger charge is 2.45. The van der Waals surface area contributed by atoms with Gasteiger partial charge < -0.3 is 23.7 Å². The Morgan fingerprint density at radius 3 is 1.89 bits per heavy atom. The number of hydrogen-bond acceptors (Lipinski definition) is 5. The number of hydrogen-bond donors (Lipinski definition) is 0. The van der Waals surface area contributed by atoms with E-state index in [-0.39, 0.29) is 36.3 Å². The summed E-state index contributed by atoms with van der Waals surface area (Å²) in [5.41, 5.74) is 1.23. The van der Waals surface area contributed by atoms with Crippen LogP contribution in [0.4, 0.5) is 0 Å². The molecule has 5 unspecified atom stereocenters. The van der Waals surface area contributed by atoms with Crippen molar-refractivity contribution in [2.24, 2.45) is 0 Å². The predicted molar refractivity (Wildman–Crippen MR) is 114 cm³/mol. The lowest BCUT2D eigenvalue weighted by Gasteiger charge is -2.44. The Hall–Kier alpha value is -1.27. The van der Waals surface area contributed by atoms with Gasteiger partial charge in [0.1, 0.15) is 24.1 Å². The average Bonchev–Trinajstić information content (AvgIpc) is 2.70. The minimum atomic E-state index is -0.138. The van der Waals surface area contributed by atoms with Crippen molar-refractivity contribution < 1.29 is 23.7 Å². The van der Waals surface area contributed by atoms with Gasteiger partial charge in [-0.25, -0.2) is 0 Å². The van der Waals surface area contributed by atoms with Gasteiger partial charge in [0.05, 0.1) is 12.2 Å². The van der Waals surface area contributed by atoms with Crippen molar-refractivity contribution in [3.63, 3.8) is 0 Å². The predicted octanol–water partition coefficient (Wildman–Crippen LogP) is 4.46. The molecule has 5 atom stereocenters. The van der Waals surface area contributed by atoms with Gasteiger partial charge in [-0.1, -0.05) is 51.1 Å². The molecule has 0 bridgehead atoms. The van der Waals surface area contributed by atoms with E-state index in [1.54, 1.807) is 28.3 Å². The summed E-state index contributed by atoms with van der Waals surface area (Å²) in [7, 11) is 5.07. The molecule has 1 aromatic rings. The van der Waals surface area contributed by atoms with Crippen LogP contribution in [0.2, 0.25) is 0 Å². The lowest BCUT2D eigenvalue weighted by molar-refractivity contribution is -0.237. The molecule has 28 heavy (non-hydrogen) atoms. The van der Waals surface area contributed by atoms with Crippen LogP contribution in [0.1, 0.15) is 53.0 Å². The van der Waals surface area contributed by atoms with Gasteiger partial charge in [0.25, 0.3) is 0 Å². The van der Waals surface area contributed by atoms with Gasteiger partial charge in [-0.15, -0.1) is 0 Å². The zero-order valence-corrected chi connectivity index (χ0v) is 18.9. The van der Waals surface area contributed by atoms with Crippen LogP contribution in [0.5, 0.6) is 0 Å². The summed E-state index contributed by atoms with van der Waals surface area (Å²) in [6.07, 6.45) is 2.09. The summed E-state index contributed by atoms with van der Waals surface area (Å²) in [4.78, 5) is 10.0. The van der Waals surface area contributed by atoms with Crippen molar-refractivity contribution in [2.45, 2.75) is 84.4 Å². The number of Topliss-reactive ketones (excluding diaryl/α,β-unsaturated/α-hetero) is 1. The quantitative estimate of drug-likeness (QED) is 0.681. The highest BCUT2D eigenvalue weighted by Crippen LogP contribution is 2.28. The average molecular weight is 397 g/mol. The third-order valence-corrected chi connectivity index (χ3v) is 4.56. The van der Waals surface area contributed by atoms with Crippen LogP contribution in [-0.4, -0.2) is 57.6 Å². The monoisotopic (exact) mass is 396 g/mol. The largest absolute Gasteiger partial charge is 0.376 e. The van der Waals surface area contributed by atoms with E-state index in [1.807, 2.05) is 45.9 Å². The van der Waals surface area contributed by atoms with Gasteiger partial charge in [-0.3, -0.25) is 0 Å². The Balaban J connectivity index is 0.000000780. The van der Waals surface area contributed by atoms with Gasteiger partial charge in [-0.05, 0) is 25.8 Å². The van der Waals surface area contributed by atoms with Crippen LogP contribution in [0.3, 0.4) is 0 Å². The maximum Gasteiger partial charge on any atom is 0.129 e. The SMILES string of the molecule is CC.CCCC(C)=O.COC1C(C)OC(Cc2ccccc2)C(OC)C1OC. The number of carbonyl (C=O) groups is 1. The Kier molecular flexibility index (Phi) is 14.9. The van der Waals surface area contributed by atoms with Crippen LogP contribution in [0, 0.1) is 0 Å². The molecule has 0 aromatic heterocycles. The summed E-state index contributed by atoms with van der Waals surface area (Å²) >= 11 is 0. The summed E-state index contributed by atoms with van der Waals surface area (Å²) < 4.78 is 22.8. The smallest absolute Gasteiger partial charge is 0.129 e. The minimum Gasteiger partial charge on any atom is -0.376 e. The number of methoxy groups -OCH3 is 3. The van der Waals surface area contributed by atoms with E-state index < -0.39 is 0 Å². The number of rotatable bonds is 7. The van der Waals surface area contributed by atoms with Crippen LogP contribution in [-0.2, 0) is 30.2 Å². The highest BCUT2D eigenvalue weighted by atomic mass is 16.6. The molecule has 0 spiro atoms.